The standard InChI is InChI=1S/C16H30N4O/c1-13-6-8-14(9-7-13)19-16(17-2)18-12-15(21)20-10-4-3-5-11-20/h13-14H,3-12H2,1-2H3,(H2,17,18,19). The van der Waals surface area contributed by atoms with Crippen molar-refractivity contribution in [2.75, 3.05) is 26.7 Å². The Morgan fingerprint density at radius 3 is 2.43 bits per heavy atom. The van der Waals surface area contributed by atoms with E-state index in [4.69, 9.17) is 0 Å². The van der Waals surface area contributed by atoms with Crippen LogP contribution in [0.2, 0.25) is 0 Å². The van der Waals surface area contributed by atoms with E-state index in [1.54, 1.807) is 7.05 Å². The first-order valence-corrected chi connectivity index (χ1v) is 8.44. The Hall–Kier alpha value is -1.26. The van der Waals surface area contributed by atoms with Gasteiger partial charge in [-0.15, -0.1) is 0 Å². The zero-order chi connectivity index (χ0) is 15.1. The number of likely N-dealkylation sites (tertiary alicyclic amines) is 1. The van der Waals surface area contributed by atoms with Crippen LogP contribution in [0.1, 0.15) is 51.9 Å². The van der Waals surface area contributed by atoms with Gasteiger partial charge in [-0.2, -0.15) is 0 Å². The number of hydrogen-bond donors (Lipinski definition) is 2. The largest absolute Gasteiger partial charge is 0.354 e. The molecule has 0 unspecified atom stereocenters. The second-order valence-corrected chi connectivity index (χ2v) is 6.47. The maximum absolute atomic E-state index is 12.1. The molecule has 2 aliphatic rings. The second-order valence-electron chi connectivity index (χ2n) is 6.47. The van der Waals surface area contributed by atoms with Crippen LogP contribution in [0.3, 0.4) is 0 Å². The predicted octanol–water partition coefficient (Wildman–Crippen LogP) is 1.74. The molecule has 1 aliphatic heterocycles. The predicted molar refractivity (Wildman–Crippen MR) is 86.3 cm³/mol. The molecule has 1 aliphatic carbocycles. The van der Waals surface area contributed by atoms with Crippen molar-refractivity contribution in [2.24, 2.45) is 10.9 Å². The van der Waals surface area contributed by atoms with Crippen molar-refractivity contribution >= 4 is 11.9 Å². The van der Waals surface area contributed by atoms with Gasteiger partial charge < -0.3 is 15.5 Å². The average molecular weight is 294 g/mol. The number of piperidine rings is 1. The van der Waals surface area contributed by atoms with Crippen LogP contribution in [-0.2, 0) is 4.79 Å². The molecule has 21 heavy (non-hydrogen) atoms. The minimum atomic E-state index is 0.190. The molecule has 120 valence electrons. The Labute approximate surface area is 128 Å². The topological polar surface area (TPSA) is 56.7 Å². The molecule has 0 spiro atoms. The Kier molecular flexibility index (Phi) is 6.33. The van der Waals surface area contributed by atoms with E-state index >= 15 is 0 Å². The zero-order valence-corrected chi connectivity index (χ0v) is 13.5. The number of hydrogen-bond acceptors (Lipinski definition) is 2. The fraction of sp³-hybridized carbons (Fsp3) is 0.875. The van der Waals surface area contributed by atoms with Gasteiger partial charge >= 0.3 is 0 Å². The van der Waals surface area contributed by atoms with Crippen LogP contribution in [0.5, 0.6) is 0 Å². The van der Waals surface area contributed by atoms with Crippen LogP contribution in [0.25, 0.3) is 0 Å². The average Bonchev–Trinajstić information content (AvgIpc) is 2.53. The summed E-state index contributed by atoms with van der Waals surface area (Å²) in [5.74, 6) is 1.80. The lowest BCUT2D eigenvalue weighted by Gasteiger charge is -2.29. The molecule has 2 N–H and O–H groups in total. The summed E-state index contributed by atoms with van der Waals surface area (Å²) in [7, 11) is 1.77. The monoisotopic (exact) mass is 294 g/mol. The summed E-state index contributed by atoms with van der Waals surface area (Å²) in [4.78, 5) is 18.3. The Bertz CT molecular complexity index is 355. The molecule has 0 aromatic carbocycles. The first kappa shape index (κ1) is 16.1. The molecule has 0 bridgehead atoms. The third-order valence-corrected chi connectivity index (χ3v) is 4.70. The summed E-state index contributed by atoms with van der Waals surface area (Å²) in [5, 5.41) is 6.63. The summed E-state index contributed by atoms with van der Waals surface area (Å²) < 4.78 is 0. The van der Waals surface area contributed by atoms with E-state index in [-0.39, 0.29) is 5.91 Å². The van der Waals surface area contributed by atoms with Gasteiger partial charge in [0.05, 0.1) is 6.54 Å². The highest BCUT2D eigenvalue weighted by Crippen LogP contribution is 2.23. The molecule has 0 radical (unpaired) electrons. The number of amides is 1. The maximum atomic E-state index is 12.1. The van der Waals surface area contributed by atoms with E-state index in [1.165, 1.54) is 32.1 Å². The van der Waals surface area contributed by atoms with Gasteiger partial charge in [0.15, 0.2) is 5.96 Å². The van der Waals surface area contributed by atoms with E-state index < -0.39 is 0 Å². The van der Waals surface area contributed by atoms with E-state index in [0.717, 1.165) is 37.8 Å². The lowest BCUT2D eigenvalue weighted by Crippen LogP contribution is -2.49. The van der Waals surface area contributed by atoms with Gasteiger partial charge in [0, 0.05) is 26.2 Å². The molecular weight excluding hydrogens is 264 g/mol. The number of nitrogens with zero attached hydrogens (tertiary/aromatic N) is 2. The van der Waals surface area contributed by atoms with Crippen molar-refractivity contribution in [3.8, 4) is 0 Å². The third kappa shape index (κ3) is 5.21. The fourth-order valence-electron chi connectivity index (χ4n) is 3.21. The number of carbonyl (C=O) groups excluding carboxylic acids is 1. The molecule has 0 aromatic rings. The highest BCUT2D eigenvalue weighted by atomic mass is 16.2. The number of guanidine groups is 1. The zero-order valence-electron chi connectivity index (χ0n) is 13.5. The molecular formula is C16H30N4O. The molecule has 0 aromatic heterocycles. The van der Waals surface area contributed by atoms with Crippen molar-refractivity contribution in [2.45, 2.75) is 57.9 Å². The highest BCUT2D eigenvalue weighted by Gasteiger charge is 2.20. The van der Waals surface area contributed by atoms with Crippen molar-refractivity contribution in [1.29, 1.82) is 0 Å². The number of rotatable bonds is 3. The summed E-state index contributed by atoms with van der Waals surface area (Å²) in [5.41, 5.74) is 0. The number of nitrogens with one attached hydrogen (secondary N) is 2. The Morgan fingerprint density at radius 2 is 1.81 bits per heavy atom. The van der Waals surface area contributed by atoms with Crippen LogP contribution in [0, 0.1) is 5.92 Å². The minimum Gasteiger partial charge on any atom is -0.354 e. The van der Waals surface area contributed by atoms with Gasteiger partial charge in [-0.05, 0) is 50.9 Å². The summed E-state index contributed by atoms with van der Waals surface area (Å²) in [6.07, 6.45) is 8.48. The molecule has 5 nitrogen and oxygen atoms in total. The van der Waals surface area contributed by atoms with Crippen molar-refractivity contribution in [1.82, 2.24) is 15.5 Å². The quantitative estimate of drug-likeness (QED) is 0.616. The van der Waals surface area contributed by atoms with Gasteiger partial charge in [0.1, 0.15) is 0 Å². The van der Waals surface area contributed by atoms with E-state index in [9.17, 15) is 4.79 Å². The van der Waals surface area contributed by atoms with Crippen LogP contribution in [0.15, 0.2) is 4.99 Å². The highest BCUT2D eigenvalue weighted by molar-refractivity contribution is 5.86. The smallest absolute Gasteiger partial charge is 0.241 e. The Morgan fingerprint density at radius 1 is 1.14 bits per heavy atom. The van der Waals surface area contributed by atoms with Crippen molar-refractivity contribution in [3.63, 3.8) is 0 Å². The van der Waals surface area contributed by atoms with Crippen LogP contribution >= 0.6 is 0 Å². The minimum absolute atomic E-state index is 0.190. The first-order valence-electron chi connectivity index (χ1n) is 8.44. The molecule has 1 saturated heterocycles. The Balaban J connectivity index is 1.71. The summed E-state index contributed by atoms with van der Waals surface area (Å²) in [6, 6.07) is 0.498. The van der Waals surface area contributed by atoms with Gasteiger partial charge in [0.25, 0.3) is 0 Å². The van der Waals surface area contributed by atoms with Gasteiger partial charge in [0.2, 0.25) is 5.91 Å². The normalized spacial score (nSPS) is 27.3. The lowest BCUT2D eigenvalue weighted by atomic mass is 9.87. The van der Waals surface area contributed by atoms with Crippen LogP contribution < -0.4 is 10.6 Å². The number of aliphatic imine (C=N–C) groups is 1. The molecule has 0 atom stereocenters. The third-order valence-electron chi connectivity index (χ3n) is 4.70. The molecule has 2 fully saturated rings. The van der Waals surface area contributed by atoms with Crippen LogP contribution in [0.4, 0.5) is 0 Å². The van der Waals surface area contributed by atoms with Gasteiger partial charge in [-0.1, -0.05) is 6.92 Å². The van der Waals surface area contributed by atoms with Crippen molar-refractivity contribution < 1.29 is 4.79 Å². The number of carbonyl (C=O) groups is 1. The van der Waals surface area contributed by atoms with Crippen LogP contribution in [-0.4, -0.2) is 49.5 Å². The van der Waals surface area contributed by atoms with E-state index in [2.05, 4.69) is 22.5 Å². The molecule has 1 saturated carbocycles. The molecule has 1 heterocycles. The molecule has 2 rings (SSSR count). The maximum Gasteiger partial charge on any atom is 0.241 e. The summed E-state index contributed by atoms with van der Waals surface area (Å²) in [6.45, 7) is 4.49. The second kappa shape index (κ2) is 8.25. The van der Waals surface area contributed by atoms with Gasteiger partial charge in [-0.3, -0.25) is 9.79 Å². The van der Waals surface area contributed by atoms with Gasteiger partial charge in [-0.25, -0.2) is 0 Å². The summed E-state index contributed by atoms with van der Waals surface area (Å²) >= 11 is 0. The molecule has 1 amide bonds. The van der Waals surface area contributed by atoms with E-state index in [0.29, 0.717) is 12.6 Å². The first-order chi connectivity index (χ1) is 10.2. The lowest BCUT2D eigenvalue weighted by molar-refractivity contribution is -0.130. The fourth-order valence-corrected chi connectivity index (χ4v) is 3.21. The van der Waals surface area contributed by atoms with Crippen molar-refractivity contribution in [3.05, 3.63) is 0 Å². The SMILES string of the molecule is CN=C(NCC(=O)N1CCCCC1)NC1CCC(C)CC1. The van der Waals surface area contributed by atoms with E-state index in [1.807, 2.05) is 4.90 Å². The molecule has 5 heteroatoms.